The normalized spacial score (nSPS) is 11.8. The lowest BCUT2D eigenvalue weighted by Crippen LogP contribution is -2.07. The Morgan fingerprint density at radius 1 is 0.952 bits per heavy atom. The molecule has 3 aromatic rings. The van der Waals surface area contributed by atoms with E-state index >= 15 is 0 Å². The molecule has 3 nitrogen and oxygen atoms in total. The molecule has 106 valence electrons. The smallest absolute Gasteiger partial charge is 0.228 e. The Balaban J connectivity index is 2.21. The quantitative estimate of drug-likeness (QED) is 0.627. The van der Waals surface area contributed by atoms with Crippen LogP contribution in [0.25, 0.3) is 22.3 Å². The molecule has 0 saturated carbocycles. The summed E-state index contributed by atoms with van der Waals surface area (Å²) >= 11 is 5.68. The van der Waals surface area contributed by atoms with Crippen LogP contribution in [0.5, 0.6) is 0 Å². The number of hydrogen-bond donors (Lipinski definition) is 0. The molecule has 0 atom stereocenters. The molecular weight excluding hydrogens is 303 g/mol. The molecule has 0 aliphatic carbocycles. The SMILES string of the molecule is FC(F)(F)c1ccccc1-c1ccc2cnc(Cl)nc2n1. The summed E-state index contributed by atoms with van der Waals surface area (Å²) in [6.45, 7) is 0. The number of nitrogens with zero attached hydrogens (tertiary/aromatic N) is 3. The maximum absolute atomic E-state index is 13.0. The Morgan fingerprint density at radius 2 is 1.71 bits per heavy atom. The van der Waals surface area contributed by atoms with Crippen LogP contribution in [0.2, 0.25) is 5.28 Å². The van der Waals surface area contributed by atoms with Gasteiger partial charge in [-0.2, -0.15) is 18.2 Å². The van der Waals surface area contributed by atoms with Crippen molar-refractivity contribution in [3.05, 3.63) is 53.4 Å². The predicted molar refractivity (Wildman–Crippen MR) is 72.8 cm³/mol. The average Bonchev–Trinajstić information content (AvgIpc) is 2.45. The first kappa shape index (κ1) is 13.8. The minimum atomic E-state index is -4.45. The molecule has 0 fully saturated rings. The van der Waals surface area contributed by atoms with Crippen molar-refractivity contribution in [1.82, 2.24) is 15.0 Å². The van der Waals surface area contributed by atoms with Crippen molar-refractivity contribution >= 4 is 22.6 Å². The van der Waals surface area contributed by atoms with Crippen LogP contribution in [0.4, 0.5) is 13.2 Å². The van der Waals surface area contributed by atoms with Crippen molar-refractivity contribution in [2.75, 3.05) is 0 Å². The van der Waals surface area contributed by atoms with Crippen LogP contribution in [0.3, 0.4) is 0 Å². The van der Waals surface area contributed by atoms with Crippen LogP contribution in [-0.4, -0.2) is 15.0 Å². The summed E-state index contributed by atoms with van der Waals surface area (Å²) < 4.78 is 39.1. The molecule has 0 spiro atoms. The van der Waals surface area contributed by atoms with Gasteiger partial charge in [-0.25, -0.2) is 9.97 Å². The minimum Gasteiger partial charge on any atom is -0.228 e. The number of aromatic nitrogens is 3. The van der Waals surface area contributed by atoms with Gasteiger partial charge in [0.1, 0.15) is 0 Å². The van der Waals surface area contributed by atoms with Crippen molar-refractivity contribution < 1.29 is 13.2 Å². The minimum absolute atomic E-state index is 0.00151. The van der Waals surface area contributed by atoms with Gasteiger partial charge in [0.2, 0.25) is 5.28 Å². The van der Waals surface area contributed by atoms with Crippen LogP contribution >= 0.6 is 11.6 Å². The van der Waals surface area contributed by atoms with E-state index in [1.54, 1.807) is 6.07 Å². The fourth-order valence-corrected chi connectivity index (χ4v) is 2.12. The van der Waals surface area contributed by atoms with E-state index in [1.807, 2.05) is 0 Å². The Morgan fingerprint density at radius 3 is 2.48 bits per heavy atom. The number of hydrogen-bond acceptors (Lipinski definition) is 3. The Kier molecular flexibility index (Phi) is 3.25. The highest BCUT2D eigenvalue weighted by molar-refractivity contribution is 6.28. The highest BCUT2D eigenvalue weighted by Gasteiger charge is 2.33. The third kappa shape index (κ3) is 2.67. The fourth-order valence-electron chi connectivity index (χ4n) is 1.99. The van der Waals surface area contributed by atoms with Gasteiger partial charge in [0.05, 0.1) is 11.3 Å². The first-order chi connectivity index (χ1) is 9.95. The average molecular weight is 310 g/mol. The zero-order valence-electron chi connectivity index (χ0n) is 10.4. The van der Waals surface area contributed by atoms with E-state index in [-0.39, 0.29) is 22.2 Å². The van der Waals surface area contributed by atoms with Gasteiger partial charge in [-0.05, 0) is 29.8 Å². The van der Waals surface area contributed by atoms with E-state index in [1.165, 1.54) is 30.5 Å². The third-order valence-electron chi connectivity index (χ3n) is 2.92. The van der Waals surface area contributed by atoms with Crippen LogP contribution in [0, 0.1) is 0 Å². The third-order valence-corrected chi connectivity index (χ3v) is 3.10. The maximum atomic E-state index is 13.0. The van der Waals surface area contributed by atoms with Gasteiger partial charge in [-0.15, -0.1) is 0 Å². The number of pyridine rings is 1. The van der Waals surface area contributed by atoms with E-state index in [0.717, 1.165) is 6.07 Å². The molecule has 7 heteroatoms. The molecule has 3 rings (SSSR count). The monoisotopic (exact) mass is 309 g/mol. The van der Waals surface area contributed by atoms with E-state index in [4.69, 9.17) is 11.6 Å². The first-order valence-corrected chi connectivity index (χ1v) is 6.29. The first-order valence-electron chi connectivity index (χ1n) is 5.91. The summed E-state index contributed by atoms with van der Waals surface area (Å²) in [6.07, 6.45) is -2.98. The highest BCUT2D eigenvalue weighted by atomic mass is 35.5. The molecule has 0 amide bonds. The Bertz CT molecular complexity index is 818. The number of halogens is 4. The molecule has 0 aliphatic heterocycles. The van der Waals surface area contributed by atoms with Gasteiger partial charge in [0, 0.05) is 17.1 Å². The molecule has 0 saturated heterocycles. The second kappa shape index (κ2) is 4.96. The van der Waals surface area contributed by atoms with E-state index in [2.05, 4.69) is 15.0 Å². The zero-order valence-corrected chi connectivity index (χ0v) is 11.2. The van der Waals surface area contributed by atoms with Crippen molar-refractivity contribution in [2.45, 2.75) is 6.18 Å². The van der Waals surface area contributed by atoms with Crippen molar-refractivity contribution in [2.24, 2.45) is 0 Å². The van der Waals surface area contributed by atoms with Gasteiger partial charge < -0.3 is 0 Å². The number of fused-ring (bicyclic) bond motifs is 1. The molecule has 2 heterocycles. The van der Waals surface area contributed by atoms with Gasteiger partial charge in [0.25, 0.3) is 0 Å². The lowest BCUT2D eigenvalue weighted by molar-refractivity contribution is -0.137. The topological polar surface area (TPSA) is 38.7 Å². The lowest BCUT2D eigenvalue weighted by Gasteiger charge is -2.12. The van der Waals surface area contributed by atoms with Crippen LogP contribution < -0.4 is 0 Å². The highest BCUT2D eigenvalue weighted by Crippen LogP contribution is 2.36. The Labute approximate surface area is 122 Å². The molecule has 0 aliphatic rings. The summed E-state index contributed by atoms with van der Waals surface area (Å²) in [6, 6.07) is 8.38. The second-order valence-electron chi connectivity index (χ2n) is 4.29. The Hall–Kier alpha value is -2.21. The summed E-state index contributed by atoms with van der Waals surface area (Å²) in [5.74, 6) is 0. The van der Waals surface area contributed by atoms with E-state index < -0.39 is 11.7 Å². The zero-order chi connectivity index (χ0) is 15.0. The number of benzene rings is 1. The molecule has 0 unspecified atom stereocenters. The standard InChI is InChI=1S/C14H7ClF3N3/c15-13-19-7-8-5-6-11(20-12(8)21-13)9-3-1-2-4-10(9)14(16,17)18/h1-7H. The molecule has 0 radical (unpaired) electrons. The molecule has 0 bridgehead atoms. The van der Waals surface area contributed by atoms with Gasteiger partial charge in [-0.1, -0.05) is 18.2 Å². The van der Waals surface area contributed by atoms with Crippen LogP contribution in [-0.2, 0) is 6.18 Å². The second-order valence-corrected chi connectivity index (χ2v) is 4.63. The van der Waals surface area contributed by atoms with Gasteiger partial charge in [0.15, 0.2) is 5.65 Å². The molecule has 0 N–H and O–H groups in total. The summed E-state index contributed by atoms with van der Waals surface area (Å²) in [5, 5.41) is 0.601. The van der Waals surface area contributed by atoms with Crippen LogP contribution in [0.1, 0.15) is 5.56 Å². The molecule has 1 aromatic carbocycles. The van der Waals surface area contributed by atoms with Crippen molar-refractivity contribution in [3.8, 4) is 11.3 Å². The number of rotatable bonds is 1. The lowest BCUT2D eigenvalue weighted by atomic mass is 10.0. The molecular formula is C14H7ClF3N3. The largest absolute Gasteiger partial charge is 0.417 e. The number of alkyl halides is 3. The van der Waals surface area contributed by atoms with E-state index in [0.29, 0.717) is 5.39 Å². The van der Waals surface area contributed by atoms with Crippen molar-refractivity contribution in [1.29, 1.82) is 0 Å². The summed E-state index contributed by atoms with van der Waals surface area (Å²) in [4.78, 5) is 11.9. The van der Waals surface area contributed by atoms with E-state index in [9.17, 15) is 13.2 Å². The molecule has 2 aromatic heterocycles. The van der Waals surface area contributed by atoms with Gasteiger partial charge >= 0.3 is 6.18 Å². The fraction of sp³-hybridized carbons (Fsp3) is 0.0714. The van der Waals surface area contributed by atoms with Gasteiger partial charge in [-0.3, -0.25) is 0 Å². The molecule has 21 heavy (non-hydrogen) atoms. The summed E-state index contributed by atoms with van der Waals surface area (Å²) in [5.41, 5.74) is -0.298. The maximum Gasteiger partial charge on any atom is 0.417 e. The predicted octanol–water partition coefficient (Wildman–Crippen LogP) is 4.36. The van der Waals surface area contributed by atoms with Crippen LogP contribution in [0.15, 0.2) is 42.6 Å². The summed E-state index contributed by atoms with van der Waals surface area (Å²) in [7, 11) is 0. The van der Waals surface area contributed by atoms with Crippen molar-refractivity contribution in [3.63, 3.8) is 0 Å².